The molecule has 0 aromatic heterocycles. The van der Waals surface area contributed by atoms with E-state index >= 15 is 0 Å². The van der Waals surface area contributed by atoms with E-state index in [2.05, 4.69) is 27.7 Å². The van der Waals surface area contributed by atoms with E-state index in [0.29, 0.717) is 18.3 Å². The first-order valence-corrected chi connectivity index (χ1v) is 7.33. The number of hydrogen-bond donors (Lipinski definition) is 2. The average Bonchev–Trinajstić information content (AvgIpc) is 2.22. The molecule has 2 heteroatoms. The Morgan fingerprint density at radius 1 is 0.889 bits per heavy atom. The minimum atomic E-state index is -0.758. The standard InChI is InChI=1S/C16H33O2/c1-13(2)7-9-15(5,17)11-12-16(6,18)10-8-14(3)4/h11,13-14,17-18H,7-10,12H2,1-6H3. The minimum absolute atomic E-state index is 0.560. The predicted octanol–water partition coefficient (Wildman–Crippen LogP) is 3.96. The van der Waals surface area contributed by atoms with Gasteiger partial charge in [0.2, 0.25) is 0 Å². The van der Waals surface area contributed by atoms with Crippen molar-refractivity contribution in [2.24, 2.45) is 11.8 Å². The van der Waals surface area contributed by atoms with Crippen LogP contribution < -0.4 is 0 Å². The van der Waals surface area contributed by atoms with E-state index in [1.165, 1.54) is 0 Å². The molecule has 2 N–H and O–H groups in total. The van der Waals surface area contributed by atoms with Gasteiger partial charge in [-0.2, -0.15) is 0 Å². The number of aliphatic hydroxyl groups is 2. The van der Waals surface area contributed by atoms with Gasteiger partial charge >= 0.3 is 0 Å². The summed E-state index contributed by atoms with van der Waals surface area (Å²) in [6.07, 6.45) is 6.04. The summed E-state index contributed by atoms with van der Waals surface area (Å²) in [5, 5.41) is 20.5. The zero-order valence-electron chi connectivity index (χ0n) is 13.2. The molecule has 0 heterocycles. The van der Waals surface area contributed by atoms with Gasteiger partial charge in [-0.3, -0.25) is 0 Å². The normalized spacial score (nSPS) is 19.0. The molecule has 0 bridgehead atoms. The van der Waals surface area contributed by atoms with Crippen molar-refractivity contribution >= 4 is 0 Å². The highest BCUT2D eigenvalue weighted by Gasteiger charge is 2.27. The summed E-state index contributed by atoms with van der Waals surface area (Å²) in [5.41, 5.74) is -1.45. The highest BCUT2D eigenvalue weighted by molar-refractivity contribution is 4.94. The van der Waals surface area contributed by atoms with Gasteiger partial charge in [0.15, 0.2) is 0 Å². The Kier molecular flexibility index (Phi) is 7.46. The molecular formula is C16H33O2. The Morgan fingerprint density at radius 3 is 1.78 bits per heavy atom. The molecule has 2 unspecified atom stereocenters. The molecule has 0 saturated heterocycles. The second-order valence-electron chi connectivity index (χ2n) is 7.13. The maximum absolute atomic E-state index is 10.3. The van der Waals surface area contributed by atoms with Gasteiger partial charge in [-0.15, -0.1) is 0 Å². The smallest absolute Gasteiger partial charge is 0.0652 e. The lowest BCUT2D eigenvalue weighted by molar-refractivity contribution is 0.0181. The van der Waals surface area contributed by atoms with E-state index in [0.717, 1.165) is 25.7 Å². The van der Waals surface area contributed by atoms with Crippen LogP contribution in [-0.2, 0) is 0 Å². The van der Waals surface area contributed by atoms with Crippen molar-refractivity contribution in [2.45, 2.75) is 84.8 Å². The fourth-order valence-corrected chi connectivity index (χ4v) is 1.82. The first-order chi connectivity index (χ1) is 8.04. The van der Waals surface area contributed by atoms with Gasteiger partial charge in [0.1, 0.15) is 0 Å². The second kappa shape index (κ2) is 7.49. The molecule has 18 heavy (non-hydrogen) atoms. The molecule has 2 nitrogen and oxygen atoms in total. The van der Waals surface area contributed by atoms with E-state index in [-0.39, 0.29) is 0 Å². The first-order valence-electron chi connectivity index (χ1n) is 7.33. The van der Waals surface area contributed by atoms with Gasteiger partial charge in [-0.25, -0.2) is 0 Å². The zero-order valence-corrected chi connectivity index (χ0v) is 13.2. The van der Waals surface area contributed by atoms with Crippen LogP contribution in [0.25, 0.3) is 0 Å². The summed E-state index contributed by atoms with van der Waals surface area (Å²) in [5.74, 6) is 1.21. The van der Waals surface area contributed by atoms with Gasteiger partial charge in [0.25, 0.3) is 0 Å². The summed E-state index contributed by atoms with van der Waals surface area (Å²) in [6.45, 7) is 12.4. The van der Waals surface area contributed by atoms with Crippen LogP contribution in [0.1, 0.15) is 73.6 Å². The lowest BCUT2D eigenvalue weighted by Crippen LogP contribution is -2.32. The van der Waals surface area contributed by atoms with Crippen LogP contribution in [0, 0.1) is 18.3 Å². The predicted molar refractivity (Wildman–Crippen MR) is 78.3 cm³/mol. The van der Waals surface area contributed by atoms with Gasteiger partial charge < -0.3 is 10.2 Å². The summed E-state index contributed by atoms with van der Waals surface area (Å²) >= 11 is 0. The second-order valence-corrected chi connectivity index (χ2v) is 7.13. The average molecular weight is 257 g/mol. The molecule has 109 valence electrons. The largest absolute Gasteiger partial charge is 0.390 e. The Hall–Kier alpha value is -0.0800. The van der Waals surface area contributed by atoms with Crippen molar-refractivity contribution in [3.05, 3.63) is 6.42 Å². The van der Waals surface area contributed by atoms with Crippen LogP contribution in [0.5, 0.6) is 0 Å². The lowest BCUT2D eigenvalue weighted by Gasteiger charge is -2.30. The first kappa shape index (κ1) is 17.9. The number of rotatable bonds is 9. The van der Waals surface area contributed by atoms with Gasteiger partial charge in [-0.1, -0.05) is 27.7 Å². The summed E-state index contributed by atoms with van der Waals surface area (Å²) in [6, 6.07) is 0. The highest BCUT2D eigenvalue weighted by atomic mass is 16.3. The fourth-order valence-electron chi connectivity index (χ4n) is 1.82. The summed E-state index contributed by atoms with van der Waals surface area (Å²) in [4.78, 5) is 0. The molecule has 0 spiro atoms. The van der Waals surface area contributed by atoms with Gasteiger partial charge in [-0.05, 0) is 64.2 Å². The third-order valence-corrected chi connectivity index (χ3v) is 3.47. The van der Waals surface area contributed by atoms with Crippen LogP contribution >= 0.6 is 0 Å². The molecule has 0 saturated carbocycles. The van der Waals surface area contributed by atoms with Crippen molar-refractivity contribution < 1.29 is 10.2 Å². The van der Waals surface area contributed by atoms with Crippen LogP contribution in [0.4, 0.5) is 0 Å². The molecule has 0 aromatic carbocycles. The van der Waals surface area contributed by atoms with E-state index in [1.807, 2.05) is 20.3 Å². The zero-order chi connectivity index (χ0) is 14.4. The lowest BCUT2D eigenvalue weighted by atomic mass is 9.84. The Balaban J connectivity index is 4.04. The van der Waals surface area contributed by atoms with E-state index < -0.39 is 11.2 Å². The molecule has 2 atom stereocenters. The monoisotopic (exact) mass is 257 g/mol. The summed E-state index contributed by atoms with van der Waals surface area (Å²) in [7, 11) is 0. The molecular weight excluding hydrogens is 224 g/mol. The molecule has 0 aliphatic heterocycles. The Morgan fingerprint density at radius 2 is 1.33 bits per heavy atom. The molecule has 0 amide bonds. The van der Waals surface area contributed by atoms with Crippen molar-refractivity contribution in [1.82, 2.24) is 0 Å². The molecule has 0 fully saturated rings. The van der Waals surface area contributed by atoms with Crippen LogP contribution in [0.3, 0.4) is 0 Å². The van der Waals surface area contributed by atoms with Crippen LogP contribution in [-0.4, -0.2) is 21.4 Å². The van der Waals surface area contributed by atoms with E-state index in [1.54, 1.807) is 0 Å². The quantitative estimate of drug-likeness (QED) is 0.656. The Labute approximate surface area is 114 Å². The fraction of sp³-hybridized carbons (Fsp3) is 0.938. The van der Waals surface area contributed by atoms with Crippen molar-refractivity contribution in [3.63, 3.8) is 0 Å². The van der Waals surface area contributed by atoms with E-state index in [9.17, 15) is 10.2 Å². The molecule has 0 aliphatic rings. The highest BCUT2D eigenvalue weighted by Crippen LogP contribution is 2.27. The van der Waals surface area contributed by atoms with Crippen LogP contribution in [0.15, 0.2) is 0 Å². The minimum Gasteiger partial charge on any atom is -0.390 e. The molecule has 0 aromatic rings. The number of hydrogen-bond acceptors (Lipinski definition) is 2. The molecule has 1 radical (unpaired) electrons. The van der Waals surface area contributed by atoms with Crippen molar-refractivity contribution in [2.75, 3.05) is 0 Å². The maximum atomic E-state index is 10.3. The van der Waals surface area contributed by atoms with Gasteiger partial charge in [0.05, 0.1) is 11.2 Å². The third kappa shape index (κ3) is 9.90. The topological polar surface area (TPSA) is 40.5 Å². The van der Waals surface area contributed by atoms with E-state index in [4.69, 9.17) is 0 Å². The maximum Gasteiger partial charge on any atom is 0.0652 e. The Bertz CT molecular complexity index is 193. The summed E-state index contributed by atoms with van der Waals surface area (Å²) < 4.78 is 0. The molecule has 0 aliphatic carbocycles. The van der Waals surface area contributed by atoms with Crippen molar-refractivity contribution in [1.29, 1.82) is 0 Å². The third-order valence-electron chi connectivity index (χ3n) is 3.47. The van der Waals surface area contributed by atoms with Crippen LogP contribution in [0.2, 0.25) is 0 Å². The SMILES string of the molecule is CC(C)CCC(C)(O)[CH]CC(C)(O)CCC(C)C. The van der Waals surface area contributed by atoms with Gasteiger partial charge in [0, 0.05) is 0 Å². The van der Waals surface area contributed by atoms with Crippen molar-refractivity contribution in [3.8, 4) is 0 Å². The molecule has 0 rings (SSSR count).